The van der Waals surface area contributed by atoms with Crippen LogP contribution in [0.15, 0.2) is 24.5 Å². The van der Waals surface area contributed by atoms with Gasteiger partial charge in [0.25, 0.3) is 0 Å². The number of aromatic amines is 1. The van der Waals surface area contributed by atoms with Crippen molar-refractivity contribution >= 4 is 23.3 Å². The maximum atomic E-state index is 5.37. The van der Waals surface area contributed by atoms with E-state index in [1.54, 1.807) is 18.1 Å². The number of methoxy groups -OCH3 is 1. The predicted octanol–water partition coefficient (Wildman–Crippen LogP) is 2.08. The Kier molecular flexibility index (Phi) is 3.27. The average Bonchev–Trinajstić information content (AvgIpc) is 2.98. The molecule has 0 aliphatic rings. The summed E-state index contributed by atoms with van der Waals surface area (Å²) in [5.74, 6) is 1.63. The standard InChI is InChI=1S/C13H15N5OS/c1-17-8-14-12(16-17)5-6-18-11-4-3-9(19-2)7-10(11)15-13(18)20/h3-4,7-8H,5-6H2,1-2H3,(H,15,20). The van der Waals surface area contributed by atoms with Gasteiger partial charge in [-0.15, -0.1) is 0 Å². The molecule has 0 saturated heterocycles. The highest BCUT2D eigenvalue weighted by Crippen LogP contribution is 2.20. The number of aromatic nitrogens is 5. The number of hydrogen-bond acceptors (Lipinski definition) is 4. The van der Waals surface area contributed by atoms with E-state index < -0.39 is 0 Å². The normalized spacial score (nSPS) is 11.1. The average molecular weight is 289 g/mol. The van der Waals surface area contributed by atoms with Crippen LogP contribution in [0.25, 0.3) is 11.0 Å². The van der Waals surface area contributed by atoms with Gasteiger partial charge in [-0.1, -0.05) is 0 Å². The molecular formula is C13H15N5OS. The molecule has 104 valence electrons. The second-order valence-electron chi connectivity index (χ2n) is 4.55. The van der Waals surface area contributed by atoms with Gasteiger partial charge in [-0.2, -0.15) is 5.10 Å². The Morgan fingerprint density at radius 3 is 2.95 bits per heavy atom. The molecule has 0 radical (unpaired) electrons. The Hall–Kier alpha value is -2.15. The molecule has 0 aliphatic heterocycles. The first-order valence-corrected chi connectivity index (χ1v) is 6.69. The number of nitrogens with zero attached hydrogens (tertiary/aromatic N) is 4. The first kappa shape index (κ1) is 12.9. The van der Waals surface area contributed by atoms with Gasteiger partial charge in [0.15, 0.2) is 10.6 Å². The van der Waals surface area contributed by atoms with Gasteiger partial charge in [0.1, 0.15) is 12.1 Å². The van der Waals surface area contributed by atoms with Crippen LogP contribution < -0.4 is 4.74 Å². The second kappa shape index (κ2) is 5.09. The minimum absolute atomic E-state index is 0.698. The number of benzene rings is 1. The molecule has 3 rings (SSSR count). The van der Waals surface area contributed by atoms with Crippen molar-refractivity contribution in [3.05, 3.63) is 35.1 Å². The molecule has 0 fully saturated rings. The van der Waals surface area contributed by atoms with E-state index in [1.165, 1.54) is 0 Å². The highest BCUT2D eigenvalue weighted by molar-refractivity contribution is 7.71. The number of ether oxygens (including phenoxy) is 1. The molecule has 20 heavy (non-hydrogen) atoms. The van der Waals surface area contributed by atoms with E-state index in [9.17, 15) is 0 Å². The molecule has 2 aromatic heterocycles. The summed E-state index contributed by atoms with van der Waals surface area (Å²) in [5, 5.41) is 4.28. The third-order valence-corrected chi connectivity index (χ3v) is 3.51. The monoisotopic (exact) mass is 289 g/mol. The van der Waals surface area contributed by atoms with Crippen LogP contribution >= 0.6 is 12.2 Å². The Balaban J connectivity index is 1.91. The van der Waals surface area contributed by atoms with Crippen molar-refractivity contribution in [2.75, 3.05) is 7.11 Å². The van der Waals surface area contributed by atoms with Crippen molar-refractivity contribution in [2.24, 2.45) is 7.05 Å². The fraction of sp³-hybridized carbons (Fsp3) is 0.308. The molecule has 0 unspecified atom stereocenters. The smallest absolute Gasteiger partial charge is 0.178 e. The Labute approximate surface area is 121 Å². The molecule has 0 amide bonds. The van der Waals surface area contributed by atoms with Gasteiger partial charge in [-0.05, 0) is 24.4 Å². The van der Waals surface area contributed by atoms with Crippen molar-refractivity contribution in [1.82, 2.24) is 24.3 Å². The van der Waals surface area contributed by atoms with Crippen molar-refractivity contribution in [3.8, 4) is 5.75 Å². The van der Waals surface area contributed by atoms with E-state index in [2.05, 4.69) is 19.6 Å². The predicted molar refractivity (Wildman–Crippen MR) is 78.4 cm³/mol. The van der Waals surface area contributed by atoms with Crippen molar-refractivity contribution in [1.29, 1.82) is 0 Å². The molecular weight excluding hydrogens is 274 g/mol. The Morgan fingerprint density at radius 2 is 2.25 bits per heavy atom. The van der Waals surface area contributed by atoms with E-state index >= 15 is 0 Å². The molecule has 0 saturated carbocycles. The number of nitrogens with one attached hydrogen (secondary N) is 1. The minimum Gasteiger partial charge on any atom is -0.497 e. The molecule has 0 bridgehead atoms. The van der Waals surface area contributed by atoms with E-state index in [-0.39, 0.29) is 0 Å². The zero-order chi connectivity index (χ0) is 14.1. The number of hydrogen-bond donors (Lipinski definition) is 1. The summed E-state index contributed by atoms with van der Waals surface area (Å²) >= 11 is 5.37. The van der Waals surface area contributed by atoms with Crippen LogP contribution in [0.2, 0.25) is 0 Å². The number of imidazole rings is 1. The van der Waals surface area contributed by atoms with Crippen LogP contribution in [0.4, 0.5) is 0 Å². The fourth-order valence-electron chi connectivity index (χ4n) is 2.20. The largest absolute Gasteiger partial charge is 0.497 e. The lowest BCUT2D eigenvalue weighted by atomic mass is 10.3. The molecule has 0 aliphatic carbocycles. The Morgan fingerprint density at radius 1 is 1.40 bits per heavy atom. The molecule has 3 aromatic rings. The molecule has 2 heterocycles. The van der Waals surface area contributed by atoms with Gasteiger partial charge < -0.3 is 14.3 Å². The fourth-order valence-corrected chi connectivity index (χ4v) is 2.50. The second-order valence-corrected chi connectivity index (χ2v) is 4.94. The molecule has 0 atom stereocenters. The molecule has 1 N–H and O–H groups in total. The van der Waals surface area contributed by atoms with E-state index in [1.807, 2.05) is 25.2 Å². The number of rotatable bonds is 4. The third kappa shape index (κ3) is 2.32. The van der Waals surface area contributed by atoms with Crippen LogP contribution in [0.1, 0.15) is 5.82 Å². The maximum absolute atomic E-state index is 5.37. The van der Waals surface area contributed by atoms with E-state index in [0.29, 0.717) is 4.77 Å². The zero-order valence-corrected chi connectivity index (χ0v) is 12.1. The van der Waals surface area contributed by atoms with Crippen LogP contribution in [-0.4, -0.2) is 31.4 Å². The van der Waals surface area contributed by atoms with Gasteiger partial charge in [0.2, 0.25) is 0 Å². The van der Waals surface area contributed by atoms with Crippen LogP contribution in [0.3, 0.4) is 0 Å². The number of aryl methyl sites for hydroxylation is 3. The SMILES string of the molecule is COc1ccc2c(c1)[nH]c(=S)n2CCc1ncn(C)n1. The van der Waals surface area contributed by atoms with Crippen LogP contribution in [0.5, 0.6) is 5.75 Å². The summed E-state index contributed by atoms with van der Waals surface area (Å²) in [6.45, 7) is 0.745. The van der Waals surface area contributed by atoms with Crippen LogP contribution in [-0.2, 0) is 20.0 Å². The topological polar surface area (TPSA) is 60.7 Å². The first-order chi connectivity index (χ1) is 9.67. The number of H-pyrrole nitrogens is 1. The lowest BCUT2D eigenvalue weighted by Gasteiger charge is -2.03. The maximum Gasteiger partial charge on any atom is 0.178 e. The quantitative estimate of drug-likeness (QED) is 0.747. The van der Waals surface area contributed by atoms with Crippen molar-refractivity contribution in [2.45, 2.75) is 13.0 Å². The highest BCUT2D eigenvalue weighted by atomic mass is 32.1. The van der Waals surface area contributed by atoms with Crippen LogP contribution in [0, 0.1) is 4.77 Å². The lowest BCUT2D eigenvalue weighted by molar-refractivity contribution is 0.415. The summed E-state index contributed by atoms with van der Waals surface area (Å²) in [4.78, 5) is 7.42. The van der Waals surface area contributed by atoms with Gasteiger partial charge >= 0.3 is 0 Å². The summed E-state index contributed by atoms with van der Waals surface area (Å²) in [6.07, 6.45) is 2.45. The molecule has 7 heteroatoms. The Bertz CT molecular complexity index is 801. The van der Waals surface area contributed by atoms with Gasteiger partial charge in [0, 0.05) is 26.1 Å². The van der Waals surface area contributed by atoms with E-state index in [0.717, 1.165) is 35.6 Å². The van der Waals surface area contributed by atoms with Gasteiger partial charge in [-0.3, -0.25) is 4.68 Å². The van der Waals surface area contributed by atoms with Gasteiger partial charge in [0.05, 0.1) is 18.1 Å². The first-order valence-electron chi connectivity index (χ1n) is 6.28. The molecule has 1 aromatic carbocycles. The van der Waals surface area contributed by atoms with Gasteiger partial charge in [-0.25, -0.2) is 4.98 Å². The summed E-state index contributed by atoms with van der Waals surface area (Å²) in [7, 11) is 3.51. The summed E-state index contributed by atoms with van der Waals surface area (Å²) < 4.78 is 9.67. The number of fused-ring (bicyclic) bond motifs is 1. The molecule has 6 nitrogen and oxygen atoms in total. The third-order valence-electron chi connectivity index (χ3n) is 3.19. The van der Waals surface area contributed by atoms with Crippen molar-refractivity contribution < 1.29 is 4.74 Å². The zero-order valence-electron chi connectivity index (χ0n) is 11.3. The summed E-state index contributed by atoms with van der Waals surface area (Å²) in [5.41, 5.74) is 2.04. The lowest BCUT2D eigenvalue weighted by Crippen LogP contribution is -2.03. The minimum atomic E-state index is 0.698. The highest BCUT2D eigenvalue weighted by Gasteiger charge is 2.07. The molecule has 0 spiro atoms. The summed E-state index contributed by atoms with van der Waals surface area (Å²) in [6, 6.07) is 5.88. The van der Waals surface area contributed by atoms with E-state index in [4.69, 9.17) is 17.0 Å². The van der Waals surface area contributed by atoms with Crippen molar-refractivity contribution in [3.63, 3.8) is 0 Å².